The van der Waals surface area contributed by atoms with Crippen LogP contribution in [0.3, 0.4) is 0 Å². The van der Waals surface area contributed by atoms with Crippen LogP contribution in [0, 0.1) is 17.8 Å². The summed E-state index contributed by atoms with van der Waals surface area (Å²) in [5, 5.41) is 5.82. The Kier molecular flexibility index (Phi) is 11.6. The summed E-state index contributed by atoms with van der Waals surface area (Å²) < 4.78 is 0. The summed E-state index contributed by atoms with van der Waals surface area (Å²) in [4.78, 5) is 72.6. The molecule has 11 nitrogen and oxygen atoms in total. The van der Waals surface area contributed by atoms with Gasteiger partial charge in [-0.15, -0.1) is 0 Å². The summed E-state index contributed by atoms with van der Waals surface area (Å²) in [6, 6.07) is -3.15. The van der Waals surface area contributed by atoms with Crippen molar-refractivity contribution in [2.75, 3.05) is 20.1 Å². The molecule has 0 aromatic carbocycles. The van der Waals surface area contributed by atoms with E-state index in [0.29, 0.717) is 38.8 Å². The fraction of sp³-hybridized carbons (Fsp3) is 0.839. The number of hydrogen-bond donors (Lipinski definition) is 3. The zero-order valence-electron chi connectivity index (χ0n) is 27.7. The van der Waals surface area contributed by atoms with Crippen LogP contribution < -0.4 is 16.4 Å². The highest BCUT2D eigenvalue weighted by Gasteiger charge is 2.50. The minimum Gasteiger partial charge on any atom is -0.349 e. The van der Waals surface area contributed by atoms with Crippen LogP contribution in [-0.2, 0) is 24.0 Å². The lowest BCUT2D eigenvalue weighted by molar-refractivity contribution is -0.155. The monoisotopic (exact) mass is 592 g/mol. The highest BCUT2D eigenvalue weighted by Crippen LogP contribution is 2.33. The number of likely N-dealkylation sites (tertiary alicyclic amines) is 2. The van der Waals surface area contributed by atoms with Gasteiger partial charge in [0.15, 0.2) is 0 Å². The molecule has 2 rings (SSSR count). The zero-order valence-corrected chi connectivity index (χ0v) is 27.7. The molecule has 2 fully saturated rings. The van der Waals surface area contributed by atoms with Crippen molar-refractivity contribution in [3.63, 3.8) is 0 Å². The number of carbonyl (C=O) groups is 5. The Hall–Kier alpha value is -2.69. The molecule has 2 heterocycles. The molecule has 2 aliphatic heterocycles. The van der Waals surface area contributed by atoms with E-state index in [4.69, 9.17) is 5.73 Å². The Labute approximate surface area is 252 Å². The molecule has 4 N–H and O–H groups in total. The van der Waals surface area contributed by atoms with E-state index in [9.17, 15) is 24.0 Å². The first-order valence-electron chi connectivity index (χ1n) is 15.5. The molecule has 0 aromatic heterocycles. The molecular weight excluding hydrogens is 536 g/mol. The highest BCUT2D eigenvalue weighted by atomic mass is 16.2. The fourth-order valence-corrected chi connectivity index (χ4v) is 5.99. The molecule has 42 heavy (non-hydrogen) atoms. The molecule has 0 saturated carbocycles. The highest BCUT2D eigenvalue weighted by molar-refractivity contribution is 5.97. The molecule has 11 heteroatoms. The SMILES string of the molecule is CC(C)[C@H](N)C(=O)N[C@H](C(=O)N(C)[C@H](C(=O)N1CCC[C@H]1C(=O)N1CCC[C@@]1(C)C(=O)NC(C)(C)C)C(C)C)C(C)C. The predicted octanol–water partition coefficient (Wildman–Crippen LogP) is 1.88. The Morgan fingerprint density at radius 3 is 2.02 bits per heavy atom. The first-order chi connectivity index (χ1) is 19.2. The molecule has 0 unspecified atom stereocenters. The number of likely N-dealkylation sites (N-methyl/N-ethyl adjacent to an activating group) is 1. The number of nitrogens with one attached hydrogen (secondary N) is 2. The Bertz CT molecular complexity index is 1020. The molecule has 2 saturated heterocycles. The molecule has 2 aliphatic rings. The van der Waals surface area contributed by atoms with Gasteiger partial charge in [0, 0.05) is 25.7 Å². The number of hydrogen-bond acceptors (Lipinski definition) is 6. The number of nitrogens with zero attached hydrogens (tertiary/aromatic N) is 3. The van der Waals surface area contributed by atoms with Gasteiger partial charge in [-0.05, 0) is 71.1 Å². The van der Waals surface area contributed by atoms with Gasteiger partial charge in [0.2, 0.25) is 29.5 Å². The van der Waals surface area contributed by atoms with Gasteiger partial charge >= 0.3 is 0 Å². The van der Waals surface area contributed by atoms with E-state index in [1.807, 2.05) is 62.3 Å². The first-order valence-corrected chi connectivity index (χ1v) is 15.5. The predicted molar refractivity (Wildman–Crippen MR) is 163 cm³/mol. The van der Waals surface area contributed by atoms with Crippen LogP contribution >= 0.6 is 0 Å². The van der Waals surface area contributed by atoms with Crippen molar-refractivity contribution < 1.29 is 24.0 Å². The second-order valence-electron chi connectivity index (χ2n) is 14.4. The third-order valence-corrected chi connectivity index (χ3v) is 8.61. The Balaban J connectivity index is 2.30. The summed E-state index contributed by atoms with van der Waals surface area (Å²) in [7, 11) is 1.58. The smallest absolute Gasteiger partial charge is 0.246 e. The molecule has 0 spiro atoms. The second-order valence-corrected chi connectivity index (χ2v) is 14.4. The average Bonchev–Trinajstić information content (AvgIpc) is 3.52. The average molecular weight is 593 g/mol. The summed E-state index contributed by atoms with van der Waals surface area (Å²) in [6.45, 7) is 19.4. The third kappa shape index (κ3) is 7.82. The van der Waals surface area contributed by atoms with Crippen molar-refractivity contribution in [3.8, 4) is 0 Å². The van der Waals surface area contributed by atoms with Crippen LogP contribution in [0.15, 0.2) is 0 Å². The van der Waals surface area contributed by atoms with Gasteiger partial charge in [0.25, 0.3) is 0 Å². The molecule has 0 aromatic rings. The van der Waals surface area contributed by atoms with Gasteiger partial charge < -0.3 is 31.1 Å². The van der Waals surface area contributed by atoms with Gasteiger partial charge in [0.1, 0.15) is 23.7 Å². The van der Waals surface area contributed by atoms with E-state index in [2.05, 4.69) is 10.6 Å². The van der Waals surface area contributed by atoms with Gasteiger partial charge in [0.05, 0.1) is 6.04 Å². The molecule has 240 valence electrons. The molecule has 0 aliphatic carbocycles. The summed E-state index contributed by atoms with van der Waals surface area (Å²) >= 11 is 0. The van der Waals surface area contributed by atoms with E-state index in [0.717, 1.165) is 0 Å². The molecule has 0 radical (unpaired) electrons. The van der Waals surface area contributed by atoms with Crippen LogP contribution in [0.2, 0.25) is 0 Å². The normalized spacial score (nSPS) is 23.3. The van der Waals surface area contributed by atoms with E-state index < -0.39 is 41.2 Å². The molecule has 5 atom stereocenters. The second kappa shape index (κ2) is 13.7. The van der Waals surface area contributed by atoms with Crippen LogP contribution in [0.1, 0.15) is 94.9 Å². The molecular formula is C31H56N6O5. The maximum Gasteiger partial charge on any atom is 0.246 e. The maximum atomic E-state index is 14.1. The van der Waals surface area contributed by atoms with Gasteiger partial charge in [-0.2, -0.15) is 0 Å². The lowest BCUT2D eigenvalue weighted by Gasteiger charge is -2.40. The quantitative estimate of drug-likeness (QED) is 0.353. The zero-order chi connectivity index (χ0) is 32.3. The standard InChI is InChI=1S/C31H56N6O5/c1-18(2)22(32)25(38)33-23(19(3)4)27(40)35(11)24(20(5)6)28(41)36-16-12-14-21(36)26(39)37-17-13-15-31(37,10)29(42)34-30(7,8)9/h18-24H,12-17,32H2,1-11H3,(H,33,38)(H,34,42)/t21-,22-,23-,24-,31-/m0/s1. The lowest BCUT2D eigenvalue weighted by Crippen LogP contribution is -2.63. The number of rotatable bonds is 10. The fourth-order valence-electron chi connectivity index (χ4n) is 5.99. The maximum absolute atomic E-state index is 14.1. The van der Waals surface area contributed by atoms with Gasteiger partial charge in [-0.1, -0.05) is 41.5 Å². The Morgan fingerprint density at radius 1 is 0.929 bits per heavy atom. The van der Waals surface area contributed by atoms with E-state index >= 15 is 0 Å². The number of nitrogens with two attached hydrogens (primary N) is 1. The van der Waals surface area contributed by atoms with Gasteiger partial charge in [-0.3, -0.25) is 24.0 Å². The van der Waals surface area contributed by atoms with Gasteiger partial charge in [-0.25, -0.2) is 0 Å². The molecule has 5 amide bonds. The van der Waals surface area contributed by atoms with Crippen molar-refractivity contribution in [1.82, 2.24) is 25.3 Å². The third-order valence-electron chi connectivity index (χ3n) is 8.61. The number of amides is 5. The summed E-state index contributed by atoms with van der Waals surface area (Å²) in [6.07, 6.45) is 2.41. The summed E-state index contributed by atoms with van der Waals surface area (Å²) in [5.41, 5.74) is 4.59. The van der Waals surface area contributed by atoms with Crippen LogP contribution in [0.4, 0.5) is 0 Å². The Morgan fingerprint density at radius 2 is 1.52 bits per heavy atom. The summed E-state index contributed by atoms with van der Waals surface area (Å²) in [5.74, 6) is -2.10. The van der Waals surface area contributed by atoms with Crippen molar-refractivity contribution >= 4 is 29.5 Å². The van der Waals surface area contributed by atoms with Crippen LogP contribution in [0.25, 0.3) is 0 Å². The van der Waals surface area contributed by atoms with E-state index in [-0.39, 0.29) is 41.4 Å². The first kappa shape index (κ1) is 35.5. The molecule has 0 bridgehead atoms. The van der Waals surface area contributed by atoms with Crippen molar-refractivity contribution in [2.24, 2.45) is 23.5 Å². The minimum absolute atomic E-state index is 0.0997. The van der Waals surface area contributed by atoms with Crippen molar-refractivity contribution in [2.45, 2.75) is 130 Å². The number of carbonyl (C=O) groups excluding carboxylic acids is 5. The van der Waals surface area contributed by atoms with Crippen LogP contribution in [-0.4, -0.2) is 99.6 Å². The van der Waals surface area contributed by atoms with E-state index in [1.165, 1.54) is 4.90 Å². The lowest BCUT2D eigenvalue weighted by atomic mass is 9.94. The van der Waals surface area contributed by atoms with Crippen molar-refractivity contribution in [3.05, 3.63) is 0 Å². The topological polar surface area (TPSA) is 145 Å². The largest absolute Gasteiger partial charge is 0.349 e. The van der Waals surface area contributed by atoms with Crippen LogP contribution in [0.5, 0.6) is 0 Å². The van der Waals surface area contributed by atoms with E-state index in [1.54, 1.807) is 23.8 Å². The minimum atomic E-state index is -0.995. The van der Waals surface area contributed by atoms with Crippen molar-refractivity contribution in [1.29, 1.82) is 0 Å².